The van der Waals surface area contributed by atoms with Crippen LogP contribution in [-0.2, 0) is 9.59 Å². The van der Waals surface area contributed by atoms with Gasteiger partial charge in [0.2, 0.25) is 11.8 Å². The van der Waals surface area contributed by atoms with E-state index in [0.29, 0.717) is 10.0 Å². The molecule has 0 heterocycles. The van der Waals surface area contributed by atoms with Crippen LogP contribution in [0.5, 0.6) is 0 Å². The molecule has 1 atom stereocenters. The number of thioether (sulfide) groups is 1. The molecule has 0 bridgehead atoms. The van der Waals surface area contributed by atoms with Crippen LogP contribution in [0, 0.1) is 0 Å². The first-order valence-corrected chi connectivity index (χ1v) is 8.45. The quantitative estimate of drug-likeness (QED) is 0.757. The first kappa shape index (κ1) is 18.1. The molecule has 1 aromatic carbocycles. The Bertz CT molecular complexity index is 512. The lowest BCUT2D eigenvalue weighted by Crippen LogP contribution is -2.30. The summed E-state index contributed by atoms with van der Waals surface area (Å²) in [5.41, 5.74) is 5.95. The summed E-state index contributed by atoms with van der Waals surface area (Å²) < 4.78 is 0. The van der Waals surface area contributed by atoms with Crippen LogP contribution in [0.3, 0.4) is 0 Å². The van der Waals surface area contributed by atoms with Crippen LogP contribution in [0.15, 0.2) is 18.2 Å². The monoisotopic (exact) mass is 348 g/mol. The molecule has 0 saturated carbocycles. The Morgan fingerprint density at radius 1 is 1.29 bits per heavy atom. The van der Waals surface area contributed by atoms with Crippen molar-refractivity contribution in [3.63, 3.8) is 0 Å². The normalized spacial score (nSPS) is 12.0. The van der Waals surface area contributed by atoms with Crippen molar-refractivity contribution in [1.29, 1.82) is 0 Å². The fourth-order valence-corrected chi connectivity index (χ4v) is 2.70. The van der Waals surface area contributed by atoms with Gasteiger partial charge in [-0.05, 0) is 24.1 Å². The van der Waals surface area contributed by atoms with Gasteiger partial charge >= 0.3 is 0 Å². The molecule has 0 saturated heterocycles. The molecule has 21 heavy (non-hydrogen) atoms. The molecule has 1 aromatic rings. The van der Waals surface area contributed by atoms with Crippen LogP contribution < -0.4 is 11.1 Å². The summed E-state index contributed by atoms with van der Waals surface area (Å²) in [4.78, 5) is 22.5. The van der Waals surface area contributed by atoms with Gasteiger partial charge in [-0.1, -0.05) is 42.6 Å². The summed E-state index contributed by atoms with van der Waals surface area (Å²) in [5.74, 6) is -0.225. The van der Waals surface area contributed by atoms with E-state index in [-0.39, 0.29) is 23.5 Å². The highest BCUT2D eigenvalue weighted by Gasteiger charge is 2.15. The highest BCUT2D eigenvalue weighted by molar-refractivity contribution is 8.00. The van der Waals surface area contributed by atoms with Crippen LogP contribution in [-0.4, -0.2) is 23.3 Å². The molecule has 0 unspecified atom stereocenters. The molecular formula is C14H18Cl2N2O2S. The lowest BCUT2D eigenvalue weighted by molar-refractivity contribution is -0.119. The minimum Gasteiger partial charge on any atom is -0.369 e. The molecular weight excluding hydrogens is 331 g/mol. The van der Waals surface area contributed by atoms with E-state index in [1.54, 1.807) is 12.1 Å². The van der Waals surface area contributed by atoms with Crippen molar-refractivity contribution in [3.8, 4) is 0 Å². The number of benzene rings is 1. The Labute approximate surface area is 138 Å². The van der Waals surface area contributed by atoms with Gasteiger partial charge in [0.1, 0.15) is 0 Å². The predicted molar refractivity (Wildman–Crippen MR) is 88.8 cm³/mol. The van der Waals surface area contributed by atoms with Crippen molar-refractivity contribution in [1.82, 2.24) is 5.32 Å². The molecule has 7 heteroatoms. The average molecular weight is 349 g/mol. The number of nitrogens with two attached hydrogens (primary N) is 1. The maximum atomic E-state index is 11.9. The van der Waals surface area contributed by atoms with E-state index >= 15 is 0 Å². The summed E-state index contributed by atoms with van der Waals surface area (Å²) in [6, 6.07) is 5.22. The van der Waals surface area contributed by atoms with Crippen molar-refractivity contribution in [2.24, 2.45) is 5.73 Å². The van der Waals surface area contributed by atoms with E-state index in [2.05, 4.69) is 5.32 Å². The second-order valence-corrected chi connectivity index (χ2v) is 6.34. The second kappa shape index (κ2) is 9.18. The van der Waals surface area contributed by atoms with Gasteiger partial charge in [-0.25, -0.2) is 0 Å². The van der Waals surface area contributed by atoms with Gasteiger partial charge in [0.25, 0.3) is 0 Å². The Morgan fingerprint density at radius 3 is 2.57 bits per heavy atom. The molecule has 116 valence electrons. The SMILES string of the molecule is CCC[C@@H](NC(=O)CSCC(N)=O)c1ccc(Cl)c(Cl)c1. The molecule has 0 aliphatic carbocycles. The molecule has 3 N–H and O–H groups in total. The lowest BCUT2D eigenvalue weighted by Gasteiger charge is -2.19. The number of hydrogen-bond donors (Lipinski definition) is 2. The van der Waals surface area contributed by atoms with E-state index in [0.717, 1.165) is 18.4 Å². The molecule has 4 nitrogen and oxygen atoms in total. The summed E-state index contributed by atoms with van der Waals surface area (Å²) in [6.45, 7) is 2.04. The first-order chi connectivity index (χ1) is 9.93. The maximum absolute atomic E-state index is 11.9. The Hall–Kier alpha value is -0.910. The third-order valence-electron chi connectivity index (χ3n) is 2.74. The number of halogens is 2. The third-order valence-corrected chi connectivity index (χ3v) is 4.43. The minimum atomic E-state index is -0.428. The third kappa shape index (κ3) is 6.59. The standard InChI is InChI=1S/C14H18Cl2N2O2S/c1-2-3-12(9-4-5-10(15)11(16)6-9)18-14(20)8-21-7-13(17)19/h4-6,12H,2-3,7-8H2,1H3,(H2,17,19)(H,18,20)/t12-/m1/s1. The van der Waals surface area contributed by atoms with Crippen molar-refractivity contribution in [2.45, 2.75) is 25.8 Å². The number of hydrogen-bond acceptors (Lipinski definition) is 3. The number of carbonyl (C=O) groups excluding carboxylic acids is 2. The number of rotatable bonds is 8. The summed E-state index contributed by atoms with van der Waals surface area (Å²) in [5, 5.41) is 3.89. The molecule has 0 aliphatic rings. The van der Waals surface area contributed by atoms with Gasteiger partial charge in [-0.2, -0.15) is 0 Å². The van der Waals surface area contributed by atoms with Crippen LogP contribution in [0.1, 0.15) is 31.4 Å². The van der Waals surface area contributed by atoms with Crippen molar-refractivity contribution >= 4 is 46.8 Å². The molecule has 0 aliphatic heterocycles. The maximum Gasteiger partial charge on any atom is 0.230 e. The lowest BCUT2D eigenvalue weighted by atomic mass is 10.0. The summed E-state index contributed by atoms with van der Waals surface area (Å²) in [6.07, 6.45) is 1.71. The number of amides is 2. The number of nitrogens with one attached hydrogen (secondary N) is 1. The van der Waals surface area contributed by atoms with Gasteiger partial charge in [0.15, 0.2) is 0 Å². The highest BCUT2D eigenvalue weighted by Crippen LogP contribution is 2.27. The topological polar surface area (TPSA) is 72.2 Å². The molecule has 1 rings (SSSR count). The molecule has 0 aromatic heterocycles. The fourth-order valence-electron chi connectivity index (χ4n) is 1.82. The van der Waals surface area contributed by atoms with Crippen molar-refractivity contribution in [3.05, 3.63) is 33.8 Å². The average Bonchev–Trinajstić information content (AvgIpc) is 2.41. The minimum absolute atomic E-state index is 0.119. The Morgan fingerprint density at radius 2 is 2.00 bits per heavy atom. The fraction of sp³-hybridized carbons (Fsp3) is 0.429. The molecule has 0 radical (unpaired) electrons. The van der Waals surface area contributed by atoms with E-state index < -0.39 is 5.91 Å². The molecule has 0 spiro atoms. The van der Waals surface area contributed by atoms with Gasteiger partial charge in [0.05, 0.1) is 27.6 Å². The number of primary amides is 1. The highest BCUT2D eigenvalue weighted by atomic mass is 35.5. The van der Waals surface area contributed by atoms with E-state index in [4.69, 9.17) is 28.9 Å². The smallest absolute Gasteiger partial charge is 0.230 e. The van der Waals surface area contributed by atoms with Gasteiger partial charge < -0.3 is 11.1 Å². The summed E-state index contributed by atoms with van der Waals surface area (Å²) >= 11 is 13.1. The zero-order valence-corrected chi connectivity index (χ0v) is 14.0. The number of carbonyl (C=O) groups is 2. The zero-order valence-electron chi connectivity index (χ0n) is 11.7. The largest absolute Gasteiger partial charge is 0.369 e. The Kier molecular flexibility index (Phi) is 7.93. The van der Waals surface area contributed by atoms with Crippen LogP contribution in [0.4, 0.5) is 0 Å². The van der Waals surface area contributed by atoms with Gasteiger partial charge in [-0.3, -0.25) is 9.59 Å². The van der Waals surface area contributed by atoms with Crippen LogP contribution in [0.25, 0.3) is 0 Å². The van der Waals surface area contributed by atoms with E-state index in [9.17, 15) is 9.59 Å². The van der Waals surface area contributed by atoms with E-state index in [1.165, 1.54) is 11.8 Å². The predicted octanol–water partition coefficient (Wildman–Crippen LogP) is 3.17. The second-order valence-electron chi connectivity index (χ2n) is 4.54. The zero-order chi connectivity index (χ0) is 15.8. The van der Waals surface area contributed by atoms with Crippen LogP contribution >= 0.6 is 35.0 Å². The summed E-state index contributed by atoms with van der Waals surface area (Å²) in [7, 11) is 0. The first-order valence-electron chi connectivity index (χ1n) is 6.54. The van der Waals surface area contributed by atoms with Crippen LogP contribution in [0.2, 0.25) is 10.0 Å². The van der Waals surface area contributed by atoms with Gasteiger partial charge in [0, 0.05) is 0 Å². The Balaban J connectivity index is 2.66. The molecule has 0 fully saturated rings. The van der Waals surface area contributed by atoms with Crippen molar-refractivity contribution in [2.75, 3.05) is 11.5 Å². The van der Waals surface area contributed by atoms with E-state index in [1.807, 2.05) is 13.0 Å². The van der Waals surface area contributed by atoms with Gasteiger partial charge in [-0.15, -0.1) is 11.8 Å². The molecule has 2 amide bonds. The van der Waals surface area contributed by atoms with Crippen molar-refractivity contribution < 1.29 is 9.59 Å².